The molecule has 2 aromatic rings. The molecule has 130 valence electrons. The predicted molar refractivity (Wildman–Crippen MR) is 105 cm³/mol. The molecule has 2 heteroatoms. The van der Waals surface area contributed by atoms with Crippen molar-refractivity contribution in [1.29, 1.82) is 10.5 Å². The molecule has 0 aliphatic rings. The van der Waals surface area contributed by atoms with Crippen LogP contribution in [0.2, 0.25) is 0 Å². The zero-order chi connectivity index (χ0) is 19.1. The second kappa shape index (κ2) is 9.05. The molecule has 0 saturated carbocycles. The van der Waals surface area contributed by atoms with Crippen LogP contribution in [-0.4, -0.2) is 0 Å². The summed E-state index contributed by atoms with van der Waals surface area (Å²) < 4.78 is 0. The first-order valence-corrected chi connectivity index (χ1v) is 8.73. The van der Waals surface area contributed by atoms with Crippen molar-refractivity contribution >= 4 is 0 Å². The number of hydrogen-bond acceptors (Lipinski definition) is 2. The molecule has 2 aromatic carbocycles. The van der Waals surface area contributed by atoms with Gasteiger partial charge in [0.1, 0.15) is 0 Å². The van der Waals surface area contributed by atoms with Gasteiger partial charge in [0.25, 0.3) is 0 Å². The Hall–Kier alpha value is -2.58. The number of hydrogen-bond donors (Lipinski definition) is 0. The summed E-state index contributed by atoms with van der Waals surface area (Å²) in [5, 5.41) is 17.5. The summed E-state index contributed by atoms with van der Waals surface area (Å²) in [4.78, 5) is 0. The van der Waals surface area contributed by atoms with Crippen molar-refractivity contribution in [1.82, 2.24) is 0 Å². The lowest BCUT2D eigenvalue weighted by Gasteiger charge is -2.13. The average Bonchev–Trinajstić information content (AvgIpc) is 2.54. The summed E-state index contributed by atoms with van der Waals surface area (Å²) in [6, 6.07) is 14.4. The van der Waals surface area contributed by atoms with Gasteiger partial charge >= 0.3 is 0 Å². The van der Waals surface area contributed by atoms with E-state index >= 15 is 0 Å². The highest BCUT2D eigenvalue weighted by Crippen LogP contribution is 2.24. The van der Waals surface area contributed by atoms with E-state index in [1.54, 1.807) is 0 Å². The average molecular weight is 332 g/mol. The highest BCUT2D eigenvalue weighted by Gasteiger charge is 2.08. The molecule has 0 atom stereocenters. The van der Waals surface area contributed by atoms with Gasteiger partial charge < -0.3 is 0 Å². The highest BCUT2D eigenvalue weighted by atomic mass is 14.2. The normalized spacial score (nSPS) is 10.0. The van der Waals surface area contributed by atoms with Crippen LogP contribution in [0.25, 0.3) is 0 Å². The Morgan fingerprint density at radius 1 is 0.720 bits per heavy atom. The first-order chi connectivity index (χ1) is 11.7. The number of nitriles is 2. The second-order valence-electron chi connectivity index (χ2n) is 7.13. The molecule has 0 saturated heterocycles. The van der Waals surface area contributed by atoms with Gasteiger partial charge in [-0.15, -0.1) is 0 Å². The van der Waals surface area contributed by atoms with Crippen molar-refractivity contribution in [2.24, 2.45) is 0 Å². The van der Waals surface area contributed by atoms with Gasteiger partial charge in [-0.2, -0.15) is 10.5 Å². The molecule has 0 aliphatic heterocycles. The van der Waals surface area contributed by atoms with Crippen LogP contribution in [-0.2, 0) is 0 Å². The van der Waals surface area contributed by atoms with Gasteiger partial charge in [-0.1, -0.05) is 39.8 Å². The van der Waals surface area contributed by atoms with Crippen LogP contribution < -0.4 is 0 Å². The minimum atomic E-state index is 0.498. The van der Waals surface area contributed by atoms with Crippen molar-refractivity contribution in [2.45, 2.75) is 60.3 Å². The highest BCUT2D eigenvalue weighted by molar-refractivity contribution is 5.44. The summed E-state index contributed by atoms with van der Waals surface area (Å²) in [5.41, 5.74) is 7.68. The molecule has 0 N–H and O–H groups in total. The van der Waals surface area contributed by atoms with Crippen molar-refractivity contribution in [2.75, 3.05) is 0 Å². The summed E-state index contributed by atoms with van der Waals surface area (Å²) in [6.45, 7) is 14.7. The lowest BCUT2D eigenvalue weighted by molar-refractivity contribution is 0.846. The van der Waals surface area contributed by atoms with E-state index in [1.807, 2.05) is 31.2 Å². The van der Waals surface area contributed by atoms with Gasteiger partial charge in [-0.3, -0.25) is 0 Å². The van der Waals surface area contributed by atoms with E-state index in [0.29, 0.717) is 11.8 Å². The quantitative estimate of drug-likeness (QED) is 0.649. The fourth-order valence-corrected chi connectivity index (χ4v) is 3.07. The lowest BCUT2D eigenvalue weighted by atomic mass is 9.92. The molecular weight excluding hydrogens is 304 g/mol. The van der Waals surface area contributed by atoms with Crippen LogP contribution >= 0.6 is 0 Å². The van der Waals surface area contributed by atoms with Crippen LogP contribution in [0.1, 0.15) is 78.5 Å². The molecule has 0 heterocycles. The lowest BCUT2D eigenvalue weighted by Crippen LogP contribution is -1.97. The zero-order valence-electron chi connectivity index (χ0n) is 16.4. The van der Waals surface area contributed by atoms with Crippen molar-refractivity contribution in [3.8, 4) is 12.1 Å². The number of aryl methyl sites for hydroxylation is 3. The Bertz CT molecular complexity index is 792. The largest absolute Gasteiger partial charge is 0.192 e. The molecule has 2 rings (SSSR count). The van der Waals surface area contributed by atoms with Crippen LogP contribution in [0.4, 0.5) is 0 Å². The van der Waals surface area contributed by atoms with Crippen LogP contribution in [0, 0.1) is 43.4 Å². The third-order valence-electron chi connectivity index (χ3n) is 4.35. The van der Waals surface area contributed by atoms with E-state index in [4.69, 9.17) is 10.5 Å². The maximum Gasteiger partial charge on any atom is 0.0994 e. The van der Waals surface area contributed by atoms with E-state index in [1.165, 1.54) is 22.3 Å². The van der Waals surface area contributed by atoms with E-state index in [-0.39, 0.29) is 0 Å². The summed E-state index contributed by atoms with van der Waals surface area (Å²) in [6.07, 6.45) is 0. The molecule has 0 aromatic heterocycles. The maximum absolute atomic E-state index is 8.77. The Morgan fingerprint density at radius 3 is 1.68 bits per heavy atom. The van der Waals surface area contributed by atoms with E-state index in [9.17, 15) is 0 Å². The Morgan fingerprint density at radius 2 is 1.28 bits per heavy atom. The molecule has 0 bridgehead atoms. The minimum absolute atomic E-state index is 0.498. The Balaban J connectivity index is 0.000000251. The third-order valence-corrected chi connectivity index (χ3v) is 4.35. The molecule has 2 nitrogen and oxygen atoms in total. The van der Waals surface area contributed by atoms with E-state index in [2.05, 4.69) is 59.7 Å². The van der Waals surface area contributed by atoms with Gasteiger partial charge in [0.15, 0.2) is 0 Å². The first-order valence-electron chi connectivity index (χ1n) is 8.73. The van der Waals surface area contributed by atoms with Crippen LogP contribution in [0.15, 0.2) is 30.3 Å². The van der Waals surface area contributed by atoms with Crippen LogP contribution in [0.3, 0.4) is 0 Å². The number of rotatable bonds is 2. The van der Waals surface area contributed by atoms with Gasteiger partial charge in [0, 0.05) is 0 Å². The first kappa shape index (κ1) is 20.5. The van der Waals surface area contributed by atoms with Gasteiger partial charge in [0.2, 0.25) is 0 Å². The monoisotopic (exact) mass is 332 g/mol. The molecule has 25 heavy (non-hydrogen) atoms. The number of benzene rings is 2. The fraction of sp³-hybridized carbons (Fsp3) is 0.391. The van der Waals surface area contributed by atoms with E-state index in [0.717, 1.165) is 16.7 Å². The summed E-state index contributed by atoms with van der Waals surface area (Å²) in [5.74, 6) is 1.03. The molecule has 0 spiro atoms. The SMILES string of the molecule is Cc1cc(C#N)cc(C)c1C(C)C.Cc1ccc(C(C)C)cc1C#N. The standard InChI is InChI=1S/C12H15N.C11H13N/c1-8(2)12-9(3)5-11(7-13)6-10(12)4;1-8(2)10-5-4-9(3)11(6-10)7-12/h5-6,8H,1-4H3;4-6,8H,1-3H3. The molecule has 0 aliphatic carbocycles. The maximum atomic E-state index is 8.77. The third kappa shape index (κ3) is 5.47. The molecule has 0 radical (unpaired) electrons. The zero-order valence-corrected chi connectivity index (χ0v) is 16.4. The predicted octanol–water partition coefficient (Wildman–Crippen LogP) is 6.29. The van der Waals surface area contributed by atoms with E-state index < -0.39 is 0 Å². The molecule has 0 unspecified atom stereocenters. The fourth-order valence-electron chi connectivity index (χ4n) is 3.07. The minimum Gasteiger partial charge on any atom is -0.192 e. The molecular formula is C23H28N2. The van der Waals surface area contributed by atoms with Crippen molar-refractivity contribution < 1.29 is 0 Å². The number of nitrogens with zero attached hydrogens (tertiary/aromatic N) is 2. The van der Waals surface area contributed by atoms with Crippen LogP contribution in [0.5, 0.6) is 0 Å². The van der Waals surface area contributed by atoms with Gasteiger partial charge in [-0.05, 0) is 78.6 Å². The van der Waals surface area contributed by atoms with Gasteiger partial charge in [0.05, 0.1) is 23.3 Å². The molecule has 0 amide bonds. The van der Waals surface area contributed by atoms with Crippen molar-refractivity contribution in [3.05, 3.63) is 69.3 Å². The van der Waals surface area contributed by atoms with Crippen molar-refractivity contribution in [3.63, 3.8) is 0 Å². The topological polar surface area (TPSA) is 47.6 Å². The smallest absolute Gasteiger partial charge is 0.0994 e. The Kier molecular flexibility index (Phi) is 7.41. The molecule has 0 fully saturated rings. The second-order valence-corrected chi connectivity index (χ2v) is 7.13. The summed E-state index contributed by atoms with van der Waals surface area (Å²) >= 11 is 0. The summed E-state index contributed by atoms with van der Waals surface area (Å²) in [7, 11) is 0. The Labute approximate surface area is 152 Å². The van der Waals surface area contributed by atoms with Gasteiger partial charge in [-0.25, -0.2) is 0 Å².